The third kappa shape index (κ3) is 7.34. The van der Waals surface area contributed by atoms with E-state index in [4.69, 9.17) is 4.74 Å². The number of ether oxygens (including phenoxy) is 1. The SMILES string of the molecule is CCc1ccc(O[C@@H](C)C(=O)NCc2nnc(SCC(=O)NCc3ccccc3)n2CC)cc1. The third-order valence-electron chi connectivity index (χ3n) is 5.21. The second-order valence-corrected chi connectivity index (χ2v) is 8.61. The quantitative estimate of drug-likeness (QED) is 0.385. The highest BCUT2D eigenvalue weighted by Gasteiger charge is 2.17. The fraction of sp³-hybridized carbons (Fsp3) is 0.360. The van der Waals surface area contributed by atoms with Gasteiger partial charge < -0.3 is 19.9 Å². The number of thioether (sulfide) groups is 1. The van der Waals surface area contributed by atoms with Crippen LogP contribution in [-0.2, 0) is 35.6 Å². The van der Waals surface area contributed by atoms with Crippen molar-refractivity contribution in [1.82, 2.24) is 25.4 Å². The molecule has 0 aliphatic rings. The van der Waals surface area contributed by atoms with Gasteiger partial charge in [0.15, 0.2) is 17.1 Å². The van der Waals surface area contributed by atoms with E-state index in [1.165, 1.54) is 17.3 Å². The summed E-state index contributed by atoms with van der Waals surface area (Å²) in [5.41, 5.74) is 2.26. The van der Waals surface area contributed by atoms with E-state index >= 15 is 0 Å². The van der Waals surface area contributed by atoms with Gasteiger partial charge in [0.1, 0.15) is 5.75 Å². The van der Waals surface area contributed by atoms with Crippen molar-refractivity contribution in [2.24, 2.45) is 0 Å². The van der Waals surface area contributed by atoms with Crippen molar-refractivity contribution >= 4 is 23.6 Å². The van der Waals surface area contributed by atoms with Crippen LogP contribution in [-0.4, -0.2) is 38.4 Å². The largest absolute Gasteiger partial charge is 0.481 e. The van der Waals surface area contributed by atoms with Gasteiger partial charge in [-0.05, 0) is 43.5 Å². The Bertz CT molecular complexity index is 1070. The number of carbonyl (C=O) groups is 2. The smallest absolute Gasteiger partial charge is 0.261 e. The molecule has 1 heterocycles. The molecule has 2 aromatic carbocycles. The molecule has 9 heteroatoms. The summed E-state index contributed by atoms with van der Waals surface area (Å²) in [4.78, 5) is 24.7. The van der Waals surface area contributed by atoms with Gasteiger partial charge in [0, 0.05) is 13.1 Å². The number of carbonyl (C=O) groups excluding carboxylic acids is 2. The molecule has 2 N–H and O–H groups in total. The molecule has 0 aliphatic carbocycles. The summed E-state index contributed by atoms with van der Waals surface area (Å²) in [5.74, 6) is 1.20. The van der Waals surface area contributed by atoms with Gasteiger partial charge in [0.05, 0.1) is 12.3 Å². The van der Waals surface area contributed by atoms with Gasteiger partial charge in [-0.15, -0.1) is 10.2 Å². The van der Waals surface area contributed by atoms with E-state index in [1.54, 1.807) is 6.92 Å². The van der Waals surface area contributed by atoms with Crippen LogP contribution in [0.5, 0.6) is 5.75 Å². The van der Waals surface area contributed by atoms with Crippen molar-refractivity contribution in [2.75, 3.05) is 5.75 Å². The molecule has 0 bridgehead atoms. The Kier molecular flexibility index (Phi) is 9.51. The van der Waals surface area contributed by atoms with Crippen LogP contribution in [0, 0.1) is 0 Å². The number of hydrogen-bond donors (Lipinski definition) is 2. The van der Waals surface area contributed by atoms with Crippen molar-refractivity contribution in [3.8, 4) is 5.75 Å². The van der Waals surface area contributed by atoms with Gasteiger partial charge >= 0.3 is 0 Å². The van der Waals surface area contributed by atoms with Crippen LogP contribution in [0.1, 0.15) is 37.7 Å². The van der Waals surface area contributed by atoms with Crippen LogP contribution in [0.4, 0.5) is 0 Å². The fourth-order valence-electron chi connectivity index (χ4n) is 3.22. The number of aromatic nitrogens is 3. The van der Waals surface area contributed by atoms with Crippen LogP contribution in [0.2, 0.25) is 0 Å². The zero-order valence-electron chi connectivity index (χ0n) is 19.8. The Morgan fingerprint density at radius 1 is 0.971 bits per heavy atom. The first-order valence-electron chi connectivity index (χ1n) is 11.4. The van der Waals surface area contributed by atoms with Gasteiger partial charge in [-0.25, -0.2) is 0 Å². The zero-order valence-corrected chi connectivity index (χ0v) is 20.6. The zero-order chi connectivity index (χ0) is 24.3. The minimum absolute atomic E-state index is 0.0766. The minimum atomic E-state index is -0.646. The summed E-state index contributed by atoms with van der Waals surface area (Å²) in [6, 6.07) is 17.5. The molecule has 0 aliphatic heterocycles. The molecule has 0 saturated heterocycles. The average molecular weight is 482 g/mol. The van der Waals surface area contributed by atoms with E-state index < -0.39 is 6.10 Å². The molecule has 0 saturated carbocycles. The fourth-order valence-corrected chi connectivity index (χ4v) is 4.07. The number of nitrogens with one attached hydrogen (secondary N) is 2. The lowest BCUT2D eigenvalue weighted by atomic mass is 10.2. The molecule has 3 aromatic rings. The molecule has 2 amide bonds. The molecule has 1 atom stereocenters. The maximum absolute atomic E-state index is 12.5. The van der Waals surface area contributed by atoms with Crippen LogP contribution in [0.25, 0.3) is 0 Å². The second kappa shape index (κ2) is 12.8. The normalized spacial score (nSPS) is 11.6. The van der Waals surface area contributed by atoms with Crippen LogP contribution in [0.15, 0.2) is 59.8 Å². The van der Waals surface area contributed by atoms with E-state index in [1.807, 2.05) is 66.1 Å². The van der Waals surface area contributed by atoms with Crippen molar-refractivity contribution < 1.29 is 14.3 Å². The van der Waals surface area contributed by atoms with E-state index in [-0.39, 0.29) is 24.1 Å². The predicted octanol–water partition coefficient (Wildman–Crippen LogP) is 3.35. The highest BCUT2D eigenvalue weighted by Crippen LogP contribution is 2.17. The molecule has 3 rings (SSSR count). The standard InChI is InChI=1S/C25H31N5O3S/c1-4-19-11-13-21(14-12-19)33-18(3)24(32)27-16-22-28-29-25(30(22)5-2)34-17-23(31)26-15-20-9-7-6-8-10-20/h6-14,18H,4-5,15-17H2,1-3H3,(H,26,31)(H,27,32)/t18-/m0/s1. The van der Waals surface area contributed by atoms with Crippen LogP contribution >= 0.6 is 11.8 Å². The van der Waals surface area contributed by atoms with Crippen molar-refractivity contribution in [3.05, 3.63) is 71.5 Å². The summed E-state index contributed by atoms with van der Waals surface area (Å²) in [6.07, 6.45) is 0.306. The van der Waals surface area contributed by atoms with Gasteiger partial charge in [-0.2, -0.15) is 0 Å². The molecule has 0 unspecified atom stereocenters. The number of nitrogens with zero attached hydrogens (tertiary/aromatic N) is 3. The summed E-state index contributed by atoms with van der Waals surface area (Å²) < 4.78 is 7.64. The summed E-state index contributed by atoms with van der Waals surface area (Å²) in [7, 11) is 0. The number of aryl methyl sites for hydroxylation is 1. The van der Waals surface area contributed by atoms with Gasteiger partial charge in [-0.1, -0.05) is 61.2 Å². The molecule has 1 aromatic heterocycles. The molecule has 0 fully saturated rings. The number of rotatable bonds is 12. The molecule has 34 heavy (non-hydrogen) atoms. The third-order valence-corrected chi connectivity index (χ3v) is 6.18. The lowest BCUT2D eigenvalue weighted by molar-refractivity contribution is -0.127. The summed E-state index contributed by atoms with van der Waals surface area (Å²) in [5, 5.41) is 14.8. The number of benzene rings is 2. The maximum atomic E-state index is 12.5. The molecule has 0 radical (unpaired) electrons. The molecular formula is C25H31N5O3S. The van der Waals surface area contributed by atoms with Crippen molar-refractivity contribution in [3.63, 3.8) is 0 Å². The summed E-state index contributed by atoms with van der Waals surface area (Å²) in [6.45, 7) is 7.11. The second-order valence-electron chi connectivity index (χ2n) is 7.67. The molecule has 8 nitrogen and oxygen atoms in total. The Hall–Kier alpha value is -3.33. The molecule has 0 spiro atoms. The number of hydrogen-bond acceptors (Lipinski definition) is 6. The Morgan fingerprint density at radius 3 is 2.38 bits per heavy atom. The Balaban J connectivity index is 1.47. The van der Waals surface area contributed by atoms with E-state index in [9.17, 15) is 9.59 Å². The van der Waals surface area contributed by atoms with Gasteiger partial charge in [-0.3, -0.25) is 9.59 Å². The highest BCUT2D eigenvalue weighted by atomic mass is 32.2. The van der Waals surface area contributed by atoms with Crippen molar-refractivity contribution in [2.45, 2.75) is 58.1 Å². The maximum Gasteiger partial charge on any atom is 0.261 e. The van der Waals surface area contributed by atoms with Gasteiger partial charge in [0.2, 0.25) is 5.91 Å². The minimum Gasteiger partial charge on any atom is -0.481 e. The topological polar surface area (TPSA) is 98.1 Å². The monoisotopic (exact) mass is 481 g/mol. The van der Waals surface area contributed by atoms with E-state index in [0.29, 0.717) is 29.8 Å². The number of amides is 2. The predicted molar refractivity (Wildman–Crippen MR) is 132 cm³/mol. The molecule has 180 valence electrons. The van der Waals surface area contributed by atoms with E-state index in [2.05, 4.69) is 27.8 Å². The van der Waals surface area contributed by atoms with Crippen LogP contribution in [0.3, 0.4) is 0 Å². The lowest BCUT2D eigenvalue weighted by Gasteiger charge is -2.15. The van der Waals surface area contributed by atoms with E-state index in [0.717, 1.165) is 12.0 Å². The highest BCUT2D eigenvalue weighted by molar-refractivity contribution is 7.99. The Morgan fingerprint density at radius 2 is 1.71 bits per heavy atom. The average Bonchev–Trinajstić information content (AvgIpc) is 3.27. The summed E-state index contributed by atoms with van der Waals surface area (Å²) >= 11 is 1.32. The van der Waals surface area contributed by atoms with Gasteiger partial charge in [0.25, 0.3) is 5.91 Å². The first-order valence-corrected chi connectivity index (χ1v) is 12.4. The Labute approximate surface area is 204 Å². The van der Waals surface area contributed by atoms with Crippen molar-refractivity contribution in [1.29, 1.82) is 0 Å². The molecular weight excluding hydrogens is 450 g/mol. The lowest BCUT2D eigenvalue weighted by Crippen LogP contribution is -2.36. The first-order chi connectivity index (χ1) is 16.5. The van der Waals surface area contributed by atoms with Crippen LogP contribution < -0.4 is 15.4 Å². The first kappa shape index (κ1) is 25.3.